The summed E-state index contributed by atoms with van der Waals surface area (Å²) in [5, 5.41) is 4.06. The normalized spacial score (nSPS) is 17.7. The molecule has 1 aliphatic heterocycles. The van der Waals surface area contributed by atoms with Gasteiger partial charge in [0, 0.05) is 17.5 Å². The number of benzene rings is 1. The maximum atomic E-state index is 5.92. The SMILES string of the molecule is Clc1ccc2nc(CC3CCNCC3)oc2c1. The van der Waals surface area contributed by atoms with E-state index in [-0.39, 0.29) is 0 Å². The molecule has 0 saturated carbocycles. The average Bonchev–Trinajstić information content (AvgIpc) is 2.71. The number of fused-ring (bicyclic) bond motifs is 1. The summed E-state index contributed by atoms with van der Waals surface area (Å²) >= 11 is 5.92. The molecular formula is C13H15ClN2O. The minimum atomic E-state index is 0.694. The number of hydrogen-bond donors (Lipinski definition) is 1. The van der Waals surface area contributed by atoms with Gasteiger partial charge in [-0.3, -0.25) is 0 Å². The number of nitrogens with zero attached hydrogens (tertiary/aromatic N) is 1. The number of hydrogen-bond acceptors (Lipinski definition) is 3. The summed E-state index contributed by atoms with van der Waals surface area (Å²) in [6.45, 7) is 2.22. The second-order valence-electron chi connectivity index (χ2n) is 4.62. The van der Waals surface area contributed by atoms with Crippen LogP contribution in [0.2, 0.25) is 5.02 Å². The van der Waals surface area contributed by atoms with Gasteiger partial charge < -0.3 is 9.73 Å². The Morgan fingerprint density at radius 2 is 2.18 bits per heavy atom. The van der Waals surface area contributed by atoms with Crippen LogP contribution in [0.1, 0.15) is 18.7 Å². The Kier molecular flexibility index (Phi) is 3.04. The van der Waals surface area contributed by atoms with Crippen molar-refractivity contribution in [3.63, 3.8) is 0 Å². The third-order valence-corrected chi connectivity index (χ3v) is 3.55. The lowest BCUT2D eigenvalue weighted by Crippen LogP contribution is -2.28. The molecule has 17 heavy (non-hydrogen) atoms. The van der Waals surface area contributed by atoms with Gasteiger partial charge in [0.15, 0.2) is 11.5 Å². The number of halogens is 1. The van der Waals surface area contributed by atoms with Gasteiger partial charge in [0.1, 0.15) is 5.52 Å². The van der Waals surface area contributed by atoms with Crippen LogP contribution in [-0.4, -0.2) is 18.1 Å². The summed E-state index contributed by atoms with van der Waals surface area (Å²) < 4.78 is 5.74. The first-order valence-corrected chi connectivity index (χ1v) is 6.45. The highest BCUT2D eigenvalue weighted by molar-refractivity contribution is 6.31. The summed E-state index contributed by atoms with van der Waals surface area (Å²) in [5.41, 5.74) is 1.69. The molecule has 3 rings (SSSR count). The zero-order valence-electron chi connectivity index (χ0n) is 9.58. The van der Waals surface area contributed by atoms with Crippen molar-refractivity contribution in [1.29, 1.82) is 0 Å². The molecule has 0 aliphatic carbocycles. The largest absolute Gasteiger partial charge is 0.441 e. The molecule has 1 aromatic heterocycles. The van der Waals surface area contributed by atoms with Crippen LogP contribution in [0, 0.1) is 5.92 Å². The summed E-state index contributed by atoms with van der Waals surface area (Å²) in [5.74, 6) is 1.54. The maximum Gasteiger partial charge on any atom is 0.195 e. The predicted molar refractivity (Wildman–Crippen MR) is 68.3 cm³/mol. The first kappa shape index (κ1) is 11.1. The van der Waals surface area contributed by atoms with Crippen LogP contribution in [0.15, 0.2) is 22.6 Å². The lowest BCUT2D eigenvalue weighted by molar-refractivity contribution is 0.346. The van der Waals surface area contributed by atoms with Gasteiger partial charge in [-0.1, -0.05) is 11.6 Å². The van der Waals surface area contributed by atoms with Gasteiger partial charge in [0.2, 0.25) is 0 Å². The molecule has 2 aromatic rings. The zero-order chi connectivity index (χ0) is 11.7. The van der Waals surface area contributed by atoms with Gasteiger partial charge in [0.05, 0.1) is 0 Å². The van der Waals surface area contributed by atoms with E-state index in [0.717, 1.165) is 36.5 Å². The van der Waals surface area contributed by atoms with Gasteiger partial charge in [-0.2, -0.15) is 0 Å². The molecule has 0 spiro atoms. The number of oxazole rings is 1. The fraction of sp³-hybridized carbons (Fsp3) is 0.462. The third-order valence-electron chi connectivity index (χ3n) is 3.32. The number of piperidine rings is 1. The van der Waals surface area contributed by atoms with Gasteiger partial charge >= 0.3 is 0 Å². The average molecular weight is 251 g/mol. The Balaban J connectivity index is 1.80. The first-order chi connectivity index (χ1) is 8.31. The summed E-state index contributed by atoms with van der Waals surface area (Å²) in [6.07, 6.45) is 3.35. The Hall–Kier alpha value is -1.06. The second-order valence-corrected chi connectivity index (χ2v) is 5.05. The molecule has 0 unspecified atom stereocenters. The summed E-state index contributed by atoms with van der Waals surface area (Å²) in [4.78, 5) is 4.50. The van der Waals surface area contributed by atoms with Crippen LogP contribution in [0.3, 0.4) is 0 Å². The topological polar surface area (TPSA) is 38.1 Å². The predicted octanol–water partition coefficient (Wildman–Crippen LogP) is 3.02. The smallest absolute Gasteiger partial charge is 0.195 e. The van der Waals surface area contributed by atoms with Crippen molar-refractivity contribution in [3.8, 4) is 0 Å². The van der Waals surface area contributed by atoms with Crippen LogP contribution in [0.5, 0.6) is 0 Å². The Bertz CT molecular complexity index is 517. The highest BCUT2D eigenvalue weighted by Gasteiger charge is 2.16. The molecule has 1 aromatic carbocycles. The Morgan fingerprint density at radius 3 is 3.00 bits per heavy atom. The van der Waals surface area contributed by atoms with E-state index in [1.807, 2.05) is 18.2 Å². The van der Waals surface area contributed by atoms with E-state index in [1.165, 1.54) is 12.8 Å². The van der Waals surface area contributed by atoms with Gasteiger partial charge in [-0.05, 0) is 44.0 Å². The molecule has 1 fully saturated rings. The molecule has 0 bridgehead atoms. The third kappa shape index (κ3) is 2.45. The van der Waals surface area contributed by atoms with E-state index < -0.39 is 0 Å². The van der Waals surface area contributed by atoms with Crippen LogP contribution in [-0.2, 0) is 6.42 Å². The molecule has 1 N–H and O–H groups in total. The molecule has 90 valence electrons. The number of nitrogens with one attached hydrogen (secondary N) is 1. The van der Waals surface area contributed by atoms with Gasteiger partial charge in [-0.25, -0.2) is 4.98 Å². The molecule has 1 aliphatic rings. The molecule has 1 saturated heterocycles. The highest BCUT2D eigenvalue weighted by Crippen LogP contribution is 2.23. The Labute approximate surface area is 105 Å². The fourth-order valence-corrected chi connectivity index (χ4v) is 2.53. The highest BCUT2D eigenvalue weighted by atomic mass is 35.5. The van der Waals surface area contributed by atoms with E-state index in [2.05, 4.69) is 10.3 Å². The zero-order valence-corrected chi connectivity index (χ0v) is 10.3. The second kappa shape index (κ2) is 4.67. The molecule has 4 heteroatoms. The van der Waals surface area contributed by atoms with E-state index in [0.29, 0.717) is 10.9 Å². The fourth-order valence-electron chi connectivity index (χ4n) is 2.37. The minimum Gasteiger partial charge on any atom is -0.441 e. The van der Waals surface area contributed by atoms with E-state index >= 15 is 0 Å². The van der Waals surface area contributed by atoms with Crippen LogP contribution < -0.4 is 5.32 Å². The monoisotopic (exact) mass is 250 g/mol. The standard InChI is InChI=1S/C13H15ClN2O/c14-10-1-2-11-12(8-10)17-13(16-11)7-9-3-5-15-6-4-9/h1-2,8-9,15H,3-7H2. The van der Waals surface area contributed by atoms with Crippen LogP contribution in [0.25, 0.3) is 11.1 Å². The number of rotatable bonds is 2. The van der Waals surface area contributed by atoms with Gasteiger partial charge in [-0.15, -0.1) is 0 Å². The molecule has 3 nitrogen and oxygen atoms in total. The van der Waals surface area contributed by atoms with E-state index in [4.69, 9.17) is 16.0 Å². The molecule has 2 heterocycles. The lowest BCUT2D eigenvalue weighted by Gasteiger charge is -2.20. The van der Waals surface area contributed by atoms with Crippen molar-refractivity contribution in [3.05, 3.63) is 29.1 Å². The van der Waals surface area contributed by atoms with Crippen molar-refractivity contribution in [2.24, 2.45) is 5.92 Å². The summed E-state index contributed by atoms with van der Waals surface area (Å²) in [7, 11) is 0. The van der Waals surface area contributed by atoms with Gasteiger partial charge in [0.25, 0.3) is 0 Å². The van der Waals surface area contributed by atoms with Crippen molar-refractivity contribution in [2.75, 3.05) is 13.1 Å². The van der Waals surface area contributed by atoms with Crippen LogP contribution >= 0.6 is 11.6 Å². The molecular weight excluding hydrogens is 236 g/mol. The summed E-state index contributed by atoms with van der Waals surface area (Å²) in [6, 6.07) is 5.59. The van der Waals surface area contributed by atoms with Crippen molar-refractivity contribution < 1.29 is 4.42 Å². The first-order valence-electron chi connectivity index (χ1n) is 6.07. The number of aromatic nitrogens is 1. The molecule has 0 atom stereocenters. The quantitative estimate of drug-likeness (QED) is 0.890. The van der Waals surface area contributed by atoms with Crippen molar-refractivity contribution in [1.82, 2.24) is 10.3 Å². The Morgan fingerprint density at radius 1 is 1.35 bits per heavy atom. The molecule has 0 amide bonds. The maximum absolute atomic E-state index is 5.92. The van der Waals surface area contributed by atoms with Crippen molar-refractivity contribution >= 4 is 22.7 Å². The minimum absolute atomic E-state index is 0.694. The molecule has 0 radical (unpaired) electrons. The van der Waals surface area contributed by atoms with Crippen molar-refractivity contribution in [2.45, 2.75) is 19.3 Å². The van der Waals surface area contributed by atoms with Crippen LogP contribution in [0.4, 0.5) is 0 Å². The van der Waals surface area contributed by atoms with E-state index in [1.54, 1.807) is 0 Å². The van der Waals surface area contributed by atoms with E-state index in [9.17, 15) is 0 Å². The lowest BCUT2D eigenvalue weighted by atomic mass is 9.95.